The predicted molar refractivity (Wildman–Crippen MR) is 200 cm³/mol. The van der Waals surface area contributed by atoms with Crippen LogP contribution >= 0.6 is 0 Å². The second kappa shape index (κ2) is 15.0. The summed E-state index contributed by atoms with van der Waals surface area (Å²) >= 11 is 0. The van der Waals surface area contributed by atoms with Gasteiger partial charge in [0.2, 0.25) is 0 Å². The third-order valence-corrected chi connectivity index (χ3v) is 17.5. The Kier molecular flexibility index (Phi) is 11.4. The van der Waals surface area contributed by atoms with E-state index in [0.717, 1.165) is 32.1 Å². The summed E-state index contributed by atoms with van der Waals surface area (Å²) in [5, 5.41) is 84.6. The molecule has 2 heterocycles. The smallest absolute Gasteiger partial charge is 0.311 e. The number of hydrogen-bond acceptors (Lipinski definition) is 14. The summed E-state index contributed by atoms with van der Waals surface area (Å²) in [7, 11) is 1.40. The van der Waals surface area contributed by atoms with E-state index in [1.165, 1.54) is 12.7 Å². The molecule has 0 aromatic rings. The number of carboxylic acids is 1. The summed E-state index contributed by atoms with van der Waals surface area (Å²) in [5.41, 5.74) is -1.94. The number of allylic oxidation sites excluding steroid dienone is 2. The van der Waals surface area contributed by atoms with Gasteiger partial charge in [0.25, 0.3) is 0 Å². The van der Waals surface area contributed by atoms with Crippen molar-refractivity contribution in [2.24, 2.45) is 50.2 Å². The number of methoxy groups -OCH3 is 1. The number of carbonyl (C=O) groups excluding carboxylic acids is 1. The summed E-state index contributed by atoms with van der Waals surface area (Å²) in [6.45, 7) is 9.90. The van der Waals surface area contributed by atoms with Crippen molar-refractivity contribution in [1.82, 2.24) is 0 Å². The van der Waals surface area contributed by atoms with Crippen molar-refractivity contribution in [2.45, 2.75) is 160 Å². The van der Waals surface area contributed by atoms with Crippen LogP contribution in [0.25, 0.3) is 0 Å². The van der Waals surface area contributed by atoms with Gasteiger partial charge in [-0.2, -0.15) is 0 Å². The van der Waals surface area contributed by atoms with Gasteiger partial charge in [-0.25, -0.2) is 0 Å². The number of esters is 1. The summed E-state index contributed by atoms with van der Waals surface area (Å²) < 4.78 is 28.8. The molecule has 4 saturated carbocycles. The van der Waals surface area contributed by atoms with E-state index >= 15 is 0 Å². The maximum absolute atomic E-state index is 13.1. The lowest BCUT2D eigenvalue weighted by molar-refractivity contribution is -0.352. The summed E-state index contributed by atoms with van der Waals surface area (Å²) in [5.74, 6) is -1.10. The zero-order valence-corrected chi connectivity index (χ0v) is 34.2. The normalized spacial score (nSPS) is 53.6. The number of hydrogen-bond donors (Lipinski definition) is 8. The Morgan fingerprint density at radius 2 is 1.49 bits per heavy atom. The quantitative estimate of drug-likeness (QED) is 0.0988. The number of aliphatic hydroxyl groups is 7. The van der Waals surface area contributed by atoms with Crippen LogP contribution in [-0.4, -0.2) is 141 Å². The molecule has 0 aromatic carbocycles. The molecule has 15 heteroatoms. The van der Waals surface area contributed by atoms with Crippen molar-refractivity contribution >= 4 is 11.9 Å². The van der Waals surface area contributed by atoms with Crippen LogP contribution in [0.1, 0.15) is 98.8 Å². The minimum absolute atomic E-state index is 0.0253. The van der Waals surface area contributed by atoms with E-state index in [1.54, 1.807) is 0 Å². The molecule has 0 radical (unpaired) electrons. The second-order valence-corrected chi connectivity index (χ2v) is 19.9. The predicted octanol–water partition coefficient (Wildman–Crippen LogP) is 1.65. The number of ether oxygens (including phenoxy) is 5. The van der Waals surface area contributed by atoms with Crippen LogP contribution in [0.2, 0.25) is 0 Å². The summed E-state index contributed by atoms with van der Waals surface area (Å²) in [6, 6.07) is 0. The van der Waals surface area contributed by atoms with Gasteiger partial charge in [0.1, 0.15) is 42.7 Å². The SMILES string of the molecule is COC(=O)[C@]1(C)CC[C@@]2(C(=O)O)CC[C@@]3(C)C(=CC[C@H]4[C@]5(C)CC[C@@H](O[C@H]6OC[C@H](O[C@H]7O[C@@H](CO)[C@H](O)[C@@H](O)[C@@H]7O)[C@@H](O)[C@@H]6O)[C@](C)(CO)[C@H]5CC[C@@]43C)[C@H]2C1. The van der Waals surface area contributed by atoms with Gasteiger partial charge in [-0.15, -0.1) is 0 Å². The molecule has 5 aliphatic carbocycles. The first-order valence-corrected chi connectivity index (χ1v) is 20.9. The van der Waals surface area contributed by atoms with E-state index in [9.17, 15) is 50.4 Å². The van der Waals surface area contributed by atoms with E-state index < -0.39 is 90.2 Å². The van der Waals surface area contributed by atoms with Crippen LogP contribution in [0.3, 0.4) is 0 Å². The van der Waals surface area contributed by atoms with Crippen LogP contribution in [-0.2, 0) is 33.3 Å². The van der Waals surface area contributed by atoms with Gasteiger partial charge in [-0.05, 0) is 105 Å². The molecule has 15 nitrogen and oxygen atoms in total. The Balaban J connectivity index is 1.09. The van der Waals surface area contributed by atoms with Gasteiger partial charge in [0.05, 0.1) is 43.9 Å². The van der Waals surface area contributed by atoms with Crippen molar-refractivity contribution in [2.75, 3.05) is 26.9 Å². The third-order valence-electron chi connectivity index (χ3n) is 17.5. The standard InChI is InChI=1S/C42H66O15/c1-37(36(52)53-6)13-15-42(35(50)51)16-14-40(4)21(22(42)17-37)7-8-26-38(2)11-10-27(39(3,20-44)25(38)9-12-41(26,40)5)57-33-31(48)29(46)24(19-54-33)56-34-32(49)30(47)28(45)23(18-43)55-34/h7,22-34,43-49H,8-20H2,1-6H3,(H,50,51)/t22-,23+,24+,25+,26+,27-,28+,29-,30-,31+,32+,33-,34-,37-,38-,39-,40+,41+,42-/m1/s1. The number of carbonyl (C=O) groups is 2. The topological polar surface area (TPSA) is 242 Å². The fraction of sp³-hybridized carbons (Fsp3) is 0.905. The van der Waals surface area contributed by atoms with Gasteiger partial charge in [-0.3, -0.25) is 9.59 Å². The molecule has 2 aliphatic heterocycles. The lowest BCUT2D eigenvalue weighted by Gasteiger charge is -2.71. The summed E-state index contributed by atoms with van der Waals surface area (Å²) in [4.78, 5) is 26.2. The van der Waals surface area contributed by atoms with Gasteiger partial charge in [0, 0.05) is 5.41 Å². The minimum Gasteiger partial charge on any atom is -0.481 e. The van der Waals surface area contributed by atoms with Crippen molar-refractivity contribution < 1.29 is 74.1 Å². The van der Waals surface area contributed by atoms with Crippen LogP contribution < -0.4 is 0 Å². The summed E-state index contributed by atoms with van der Waals surface area (Å²) in [6.07, 6.45) is -5.10. The molecule has 2 saturated heterocycles. The Hall–Kier alpha value is -1.76. The zero-order valence-electron chi connectivity index (χ0n) is 34.2. The van der Waals surface area contributed by atoms with Gasteiger partial charge in [-0.1, -0.05) is 39.3 Å². The Morgan fingerprint density at radius 3 is 2.14 bits per heavy atom. The maximum Gasteiger partial charge on any atom is 0.311 e. The highest BCUT2D eigenvalue weighted by Gasteiger charge is 2.70. The van der Waals surface area contributed by atoms with Crippen LogP contribution in [0.4, 0.5) is 0 Å². The largest absolute Gasteiger partial charge is 0.481 e. The Morgan fingerprint density at radius 1 is 0.807 bits per heavy atom. The first kappa shape index (κ1) is 43.3. The van der Waals surface area contributed by atoms with E-state index in [4.69, 9.17) is 23.7 Å². The highest BCUT2D eigenvalue weighted by Crippen LogP contribution is 2.76. The first-order chi connectivity index (χ1) is 26.7. The first-order valence-electron chi connectivity index (χ1n) is 20.9. The molecular formula is C42H66O15. The highest BCUT2D eigenvalue weighted by atomic mass is 16.7. The number of aliphatic hydroxyl groups excluding tert-OH is 7. The molecule has 6 fully saturated rings. The molecule has 7 aliphatic rings. The van der Waals surface area contributed by atoms with Crippen LogP contribution in [0.15, 0.2) is 11.6 Å². The fourth-order valence-electron chi connectivity index (χ4n) is 13.6. The van der Waals surface area contributed by atoms with E-state index in [2.05, 4.69) is 26.8 Å². The fourth-order valence-corrected chi connectivity index (χ4v) is 13.6. The number of carboxylic acid groups (broad SMARTS) is 1. The number of aliphatic carboxylic acids is 1. The third kappa shape index (κ3) is 6.30. The molecule has 0 unspecified atom stereocenters. The van der Waals surface area contributed by atoms with Crippen molar-refractivity contribution in [3.8, 4) is 0 Å². The van der Waals surface area contributed by atoms with E-state index in [1.807, 2.05) is 13.8 Å². The lowest BCUT2D eigenvalue weighted by atomic mass is 9.33. The van der Waals surface area contributed by atoms with Gasteiger partial charge in [0.15, 0.2) is 12.6 Å². The van der Waals surface area contributed by atoms with Crippen LogP contribution in [0, 0.1) is 50.2 Å². The average Bonchev–Trinajstić information content (AvgIpc) is 3.18. The van der Waals surface area contributed by atoms with Gasteiger partial charge >= 0.3 is 11.9 Å². The molecule has 0 bridgehead atoms. The molecule has 19 atom stereocenters. The lowest BCUT2D eigenvalue weighted by Crippen LogP contribution is -2.67. The Labute approximate surface area is 334 Å². The molecule has 0 aromatic heterocycles. The average molecular weight is 811 g/mol. The molecule has 7 rings (SSSR count). The monoisotopic (exact) mass is 810 g/mol. The second-order valence-electron chi connectivity index (χ2n) is 19.9. The molecule has 324 valence electrons. The van der Waals surface area contributed by atoms with E-state index in [0.29, 0.717) is 32.1 Å². The molecule has 0 spiro atoms. The van der Waals surface area contributed by atoms with Gasteiger partial charge < -0.3 is 64.5 Å². The molecular weight excluding hydrogens is 744 g/mol. The minimum atomic E-state index is -1.69. The van der Waals surface area contributed by atoms with Crippen molar-refractivity contribution in [3.05, 3.63) is 11.6 Å². The maximum atomic E-state index is 13.1. The van der Waals surface area contributed by atoms with Crippen molar-refractivity contribution in [1.29, 1.82) is 0 Å². The number of fused-ring (bicyclic) bond motifs is 7. The molecule has 57 heavy (non-hydrogen) atoms. The molecule has 0 amide bonds. The van der Waals surface area contributed by atoms with Crippen molar-refractivity contribution in [3.63, 3.8) is 0 Å². The Bertz CT molecular complexity index is 1570. The van der Waals surface area contributed by atoms with Crippen LogP contribution in [0.5, 0.6) is 0 Å². The van der Waals surface area contributed by atoms with E-state index in [-0.39, 0.29) is 53.2 Å². The highest BCUT2D eigenvalue weighted by molar-refractivity contribution is 5.80. The number of rotatable bonds is 8. The zero-order chi connectivity index (χ0) is 41.7. The molecule has 8 N–H and O–H groups in total.